The summed E-state index contributed by atoms with van der Waals surface area (Å²) in [6.45, 7) is -0.455. The zero-order chi connectivity index (χ0) is 22.4. The van der Waals surface area contributed by atoms with Crippen molar-refractivity contribution in [2.75, 3.05) is 6.61 Å². The summed E-state index contributed by atoms with van der Waals surface area (Å²) in [6.07, 6.45) is -5.15. The molecule has 0 aliphatic carbocycles. The smallest absolute Gasteiger partial charge is 0.340 e. The normalized spacial score (nSPS) is 25.8. The van der Waals surface area contributed by atoms with Crippen molar-refractivity contribution in [3.63, 3.8) is 0 Å². The van der Waals surface area contributed by atoms with Gasteiger partial charge in [-0.05, 0) is 35.9 Å². The maximum atomic E-state index is 12.2. The maximum Gasteiger partial charge on any atom is 0.340 e. The summed E-state index contributed by atoms with van der Waals surface area (Å²) in [5, 5.41) is 39.5. The molecule has 4 N–H and O–H groups in total. The highest BCUT2D eigenvalue weighted by molar-refractivity contribution is 5.89. The van der Waals surface area contributed by atoms with E-state index in [9.17, 15) is 30.0 Å². The lowest BCUT2D eigenvalue weighted by Crippen LogP contribution is -2.59. The number of benzene rings is 2. The van der Waals surface area contributed by atoms with Crippen molar-refractivity contribution < 1.29 is 44.2 Å². The zero-order valence-corrected chi connectivity index (χ0v) is 16.3. The molecule has 0 unspecified atom stereocenters. The molecular weight excluding hydrogens is 408 g/mol. The van der Waals surface area contributed by atoms with Crippen molar-refractivity contribution in [1.82, 2.24) is 0 Å². The number of phenols is 1. The Morgan fingerprint density at radius 1 is 0.935 bits per heavy atom. The third-order valence-corrected chi connectivity index (χ3v) is 4.60. The second-order valence-electron chi connectivity index (χ2n) is 6.84. The van der Waals surface area contributed by atoms with Crippen LogP contribution in [0.5, 0.6) is 5.75 Å². The van der Waals surface area contributed by atoms with Crippen LogP contribution in [-0.2, 0) is 19.0 Å². The van der Waals surface area contributed by atoms with Gasteiger partial charge in [0.1, 0.15) is 36.8 Å². The van der Waals surface area contributed by atoms with Gasteiger partial charge in [-0.25, -0.2) is 9.59 Å². The van der Waals surface area contributed by atoms with Gasteiger partial charge in [0.25, 0.3) is 0 Å². The fourth-order valence-corrected chi connectivity index (χ4v) is 2.86. The summed E-state index contributed by atoms with van der Waals surface area (Å²) in [6, 6.07) is 14.1. The molecule has 1 fully saturated rings. The molecule has 2 aromatic carbocycles. The summed E-state index contributed by atoms with van der Waals surface area (Å²) >= 11 is 0. The van der Waals surface area contributed by atoms with E-state index in [4.69, 9.17) is 14.2 Å². The molecule has 9 heteroatoms. The van der Waals surface area contributed by atoms with Crippen LogP contribution in [0.2, 0.25) is 0 Å². The fourth-order valence-electron chi connectivity index (χ4n) is 2.86. The molecule has 164 valence electrons. The van der Waals surface area contributed by atoms with Crippen LogP contribution in [-0.4, -0.2) is 69.7 Å². The Morgan fingerprint density at radius 3 is 2.29 bits per heavy atom. The summed E-state index contributed by atoms with van der Waals surface area (Å²) < 4.78 is 15.5. The molecule has 31 heavy (non-hydrogen) atoms. The van der Waals surface area contributed by atoms with E-state index in [1.165, 1.54) is 30.3 Å². The van der Waals surface area contributed by atoms with E-state index in [0.717, 1.165) is 6.08 Å². The van der Waals surface area contributed by atoms with E-state index < -0.39 is 49.3 Å². The SMILES string of the molecule is O=C(/C=C/c1ccc(O)cc1)OC[C@H]1O[C@@H](OC(=O)c2ccccc2)[C@H](O)[C@@H](O)[C@@H]1O. The predicted molar refractivity (Wildman–Crippen MR) is 107 cm³/mol. The molecule has 1 aliphatic rings. The minimum absolute atomic E-state index is 0.0893. The van der Waals surface area contributed by atoms with Crippen LogP contribution >= 0.6 is 0 Å². The fraction of sp³-hybridized carbons (Fsp3) is 0.273. The number of esters is 2. The number of hydrogen-bond donors (Lipinski definition) is 4. The summed E-state index contributed by atoms with van der Waals surface area (Å²) in [7, 11) is 0. The molecule has 0 saturated carbocycles. The molecule has 1 heterocycles. The van der Waals surface area contributed by atoms with Crippen LogP contribution in [0.3, 0.4) is 0 Å². The van der Waals surface area contributed by atoms with E-state index in [1.807, 2.05) is 0 Å². The van der Waals surface area contributed by atoms with Crippen LogP contribution in [0.1, 0.15) is 15.9 Å². The van der Waals surface area contributed by atoms with Gasteiger partial charge in [-0.15, -0.1) is 0 Å². The molecule has 0 radical (unpaired) electrons. The molecule has 0 bridgehead atoms. The number of carbonyl (C=O) groups excluding carboxylic acids is 2. The van der Waals surface area contributed by atoms with Crippen LogP contribution in [0.4, 0.5) is 0 Å². The lowest BCUT2D eigenvalue weighted by molar-refractivity contribution is -0.285. The Bertz CT molecular complexity index is 910. The zero-order valence-electron chi connectivity index (χ0n) is 16.3. The van der Waals surface area contributed by atoms with Gasteiger partial charge in [-0.2, -0.15) is 0 Å². The third kappa shape index (κ3) is 5.89. The lowest BCUT2D eigenvalue weighted by atomic mass is 9.99. The summed E-state index contributed by atoms with van der Waals surface area (Å²) in [4.78, 5) is 24.1. The second-order valence-corrected chi connectivity index (χ2v) is 6.84. The lowest BCUT2D eigenvalue weighted by Gasteiger charge is -2.39. The second kappa shape index (κ2) is 10.2. The average molecular weight is 430 g/mol. The number of rotatable bonds is 6. The first-order chi connectivity index (χ1) is 14.8. The van der Waals surface area contributed by atoms with Crippen molar-refractivity contribution in [1.29, 1.82) is 0 Å². The largest absolute Gasteiger partial charge is 0.508 e. The van der Waals surface area contributed by atoms with Crippen LogP contribution in [0.15, 0.2) is 60.7 Å². The summed E-state index contributed by atoms with van der Waals surface area (Å²) in [5.74, 6) is -1.45. The first-order valence-electron chi connectivity index (χ1n) is 9.44. The minimum atomic E-state index is -1.69. The Kier molecular flexibility index (Phi) is 7.37. The van der Waals surface area contributed by atoms with E-state index in [2.05, 4.69) is 0 Å². The number of aliphatic hydroxyl groups is 3. The predicted octanol–water partition coefficient (Wildman–Crippen LogP) is 0.613. The van der Waals surface area contributed by atoms with Gasteiger partial charge in [0.15, 0.2) is 0 Å². The topological polar surface area (TPSA) is 143 Å². The van der Waals surface area contributed by atoms with E-state index in [1.54, 1.807) is 30.3 Å². The molecular formula is C22H22O9. The number of aliphatic hydroxyl groups excluding tert-OH is 3. The Labute approximate surface area is 177 Å². The van der Waals surface area contributed by atoms with Gasteiger partial charge in [0.2, 0.25) is 6.29 Å². The Morgan fingerprint density at radius 2 is 1.61 bits per heavy atom. The van der Waals surface area contributed by atoms with Gasteiger partial charge in [-0.3, -0.25) is 0 Å². The number of phenolic OH excluding ortho intramolecular Hbond substituents is 1. The number of ether oxygens (including phenoxy) is 3. The molecule has 1 aliphatic heterocycles. The van der Waals surface area contributed by atoms with Crippen molar-refractivity contribution in [2.24, 2.45) is 0 Å². The number of carbonyl (C=O) groups is 2. The highest BCUT2D eigenvalue weighted by Gasteiger charge is 2.46. The Balaban J connectivity index is 1.57. The number of hydrogen-bond acceptors (Lipinski definition) is 9. The first-order valence-corrected chi connectivity index (χ1v) is 9.44. The minimum Gasteiger partial charge on any atom is -0.508 e. The van der Waals surface area contributed by atoms with Crippen molar-refractivity contribution in [3.8, 4) is 5.75 Å². The Hall–Kier alpha value is -3.24. The maximum absolute atomic E-state index is 12.2. The summed E-state index contributed by atoms with van der Waals surface area (Å²) in [5.41, 5.74) is 0.858. The molecule has 5 atom stereocenters. The third-order valence-electron chi connectivity index (χ3n) is 4.60. The van der Waals surface area contributed by atoms with Gasteiger partial charge in [0, 0.05) is 6.08 Å². The average Bonchev–Trinajstić information content (AvgIpc) is 2.78. The molecule has 0 aromatic heterocycles. The van der Waals surface area contributed by atoms with Gasteiger partial charge in [0.05, 0.1) is 5.56 Å². The molecule has 0 spiro atoms. The van der Waals surface area contributed by atoms with Crippen molar-refractivity contribution >= 4 is 18.0 Å². The quantitative estimate of drug-likeness (QED) is 0.383. The molecule has 0 amide bonds. The molecule has 3 rings (SSSR count). The molecule has 1 saturated heterocycles. The highest BCUT2D eigenvalue weighted by Crippen LogP contribution is 2.23. The van der Waals surface area contributed by atoms with Crippen LogP contribution in [0.25, 0.3) is 6.08 Å². The van der Waals surface area contributed by atoms with E-state index in [0.29, 0.717) is 5.56 Å². The number of aromatic hydroxyl groups is 1. The monoisotopic (exact) mass is 430 g/mol. The molecule has 2 aromatic rings. The standard InChI is InChI=1S/C22H22O9/c23-15-9-6-13(7-10-15)8-11-17(24)29-12-16-18(25)19(26)20(27)22(30-16)31-21(28)14-4-2-1-3-5-14/h1-11,16,18-20,22-23,25-27H,12H2/b11-8+/t16-,18-,19+,20-,22+/m1/s1. The van der Waals surface area contributed by atoms with Crippen LogP contribution in [0, 0.1) is 0 Å². The van der Waals surface area contributed by atoms with Gasteiger partial charge in [-0.1, -0.05) is 30.3 Å². The van der Waals surface area contributed by atoms with Crippen molar-refractivity contribution in [2.45, 2.75) is 30.7 Å². The highest BCUT2D eigenvalue weighted by atomic mass is 16.7. The van der Waals surface area contributed by atoms with Gasteiger partial charge >= 0.3 is 11.9 Å². The molecule has 9 nitrogen and oxygen atoms in total. The van der Waals surface area contributed by atoms with E-state index >= 15 is 0 Å². The van der Waals surface area contributed by atoms with E-state index in [-0.39, 0.29) is 11.3 Å². The first kappa shape index (κ1) is 22.4. The van der Waals surface area contributed by atoms with Crippen molar-refractivity contribution in [3.05, 3.63) is 71.8 Å². The van der Waals surface area contributed by atoms with Crippen LogP contribution < -0.4 is 0 Å². The van der Waals surface area contributed by atoms with Gasteiger partial charge < -0.3 is 34.6 Å².